The van der Waals surface area contributed by atoms with Gasteiger partial charge in [0, 0.05) is 0 Å². The first-order valence-corrected chi connectivity index (χ1v) is 8.01. The molecule has 4 nitrogen and oxygen atoms in total. The maximum absolute atomic E-state index is 14.2. The molecule has 1 fully saturated rings. The predicted octanol–water partition coefficient (Wildman–Crippen LogP) is 3.73. The van der Waals surface area contributed by atoms with Crippen molar-refractivity contribution in [2.24, 2.45) is 0 Å². The highest BCUT2D eigenvalue weighted by Gasteiger charge is 2.41. The van der Waals surface area contributed by atoms with Gasteiger partial charge >= 0.3 is 5.97 Å². The fourth-order valence-electron chi connectivity index (χ4n) is 2.92. The smallest absolute Gasteiger partial charge is 0.361 e. The minimum absolute atomic E-state index is 0.157. The third-order valence-electron chi connectivity index (χ3n) is 4.44. The van der Waals surface area contributed by atoms with Gasteiger partial charge in [0.15, 0.2) is 11.3 Å². The van der Waals surface area contributed by atoms with Crippen LogP contribution in [0.2, 0.25) is 0 Å². The molecule has 0 unspecified atom stereocenters. The third-order valence-corrected chi connectivity index (χ3v) is 4.44. The molecule has 0 saturated heterocycles. The molecule has 1 heterocycles. The van der Waals surface area contributed by atoms with Crippen LogP contribution in [0.5, 0.6) is 0 Å². The second-order valence-corrected chi connectivity index (χ2v) is 5.99. The van der Waals surface area contributed by atoms with E-state index >= 15 is 0 Å². The van der Waals surface area contributed by atoms with Crippen molar-refractivity contribution in [2.45, 2.75) is 44.8 Å². The van der Waals surface area contributed by atoms with E-state index in [4.69, 9.17) is 4.74 Å². The molecule has 24 heavy (non-hydrogen) atoms. The molecule has 1 aromatic carbocycles. The Balaban J connectivity index is 1.89. The van der Waals surface area contributed by atoms with Crippen molar-refractivity contribution in [3.05, 3.63) is 53.9 Å². The van der Waals surface area contributed by atoms with E-state index in [0.29, 0.717) is 12.8 Å². The number of carbonyl (C=O) groups excluding carboxylic acids is 1. The topological polar surface area (TPSA) is 44.1 Å². The van der Waals surface area contributed by atoms with E-state index in [1.165, 1.54) is 10.9 Å². The SMILES string of the molecule is CC#CC1(OC(=O)c2c(F)ncn2[C@H](C)c2ccccc2)CCC1. The van der Waals surface area contributed by atoms with E-state index < -0.39 is 17.5 Å². The third kappa shape index (κ3) is 2.92. The summed E-state index contributed by atoms with van der Waals surface area (Å²) in [6, 6.07) is 9.32. The number of nitrogens with zero attached hydrogens (tertiary/aromatic N) is 2. The number of ether oxygens (including phenoxy) is 1. The largest absolute Gasteiger partial charge is 0.441 e. The predicted molar refractivity (Wildman–Crippen MR) is 87.9 cm³/mol. The highest BCUT2D eigenvalue weighted by atomic mass is 19.1. The van der Waals surface area contributed by atoms with E-state index in [0.717, 1.165) is 12.0 Å². The molecule has 124 valence electrons. The number of rotatable bonds is 4. The van der Waals surface area contributed by atoms with Gasteiger partial charge in [-0.05, 0) is 38.7 Å². The fourth-order valence-corrected chi connectivity index (χ4v) is 2.92. The minimum Gasteiger partial charge on any atom is -0.441 e. The summed E-state index contributed by atoms with van der Waals surface area (Å²) < 4.78 is 21.2. The van der Waals surface area contributed by atoms with E-state index in [1.807, 2.05) is 37.3 Å². The summed E-state index contributed by atoms with van der Waals surface area (Å²) >= 11 is 0. The molecule has 5 heteroatoms. The highest BCUT2D eigenvalue weighted by molar-refractivity contribution is 5.88. The molecule has 0 bridgehead atoms. The van der Waals surface area contributed by atoms with Crippen molar-refractivity contribution < 1.29 is 13.9 Å². The zero-order valence-corrected chi connectivity index (χ0v) is 13.8. The zero-order valence-electron chi connectivity index (χ0n) is 13.8. The summed E-state index contributed by atoms with van der Waals surface area (Å²) in [6.07, 6.45) is 3.65. The van der Waals surface area contributed by atoms with Crippen LogP contribution >= 0.6 is 0 Å². The van der Waals surface area contributed by atoms with Crippen LogP contribution in [0, 0.1) is 17.8 Å². The van der Waals surface area contributed by atoms with Crippen LogP contribution in [0.15, 0.2) is 36.7 Å². The van der Waals surface area contributed by atoms with E-state index in [1.54, 1.807) is 6.92 Å². The van der Waals surface area contributed by atoms with Crippen LogP contribution in [-0.4, -0.2) is 21.1 Å². The van der Waals surface area contributed by atoms with E-state index in [2.05, 4.69) is 16.8 Å². The van der Waals surface area contributed by atoms with Gasteiger partial charge in [-0.2, -0.15) is 4.39 Å². The van der Waals surface area contributed by atoms with Gasteiger partial charge in [0.05, 0.1) is 12.4 Å². The van der Waals surface area contributed by atoms with Gasteiger partial charge in [-0.25, -0.2) is 9.78 Å². The molecule has 0 amide bonds. The van der Waals surface area contributed by atoms with Crippen LogP contribution < -0.4 is 0 Å². The zero-order chi connectivity index (χ0) is 17.2. The standard InChI is InChI=1S/C19H19FN2O2/c1-3-10-19(11-7-12-19)24-18(23)16-17(20)21-13-22(16)14(2)15-8-5-4-6-9-15/h4-6,8-9,13-14H,7,11-12H2,1-2H3/t14-/m1/s1. The molecular weight excluding hydrogens is 307 g/mol. The maximum atomic E-state index is 14.2. The molecule has 2 aromatic rings. The molecule has 0 aliphatic heterocycles. The summed E-state index contributed by atoms with van der Waals surface area (Å²) in [5.41, 5.74) is 0.0230. The number of carbonyl (C=O) groups is 1. The first-order valence-electron chi connectivity index (χ1n) is 8.01. The first-order chi connectivity index (χ1) is 11.6. The lowest BCUT2D eigenvalue weighted by molar-refractivity contribution is -0.0273. The molecule has 0 radical (unpaired) electrons. The second-order valence-electron chi connectivity index (χ2n) is 5.99. The molecule has 0 N–H and O–H groups in total. The van der Waals surface area contributed by atoms with Gasteiger partial charge in [0.1, 0.15) is 0 Å². The summed E-state index contributed by atoms with van der Waals surface area (Å²) in [6.45, 7) is 3.59. The van der Waals surface area contributed by atoms with Crippen LogP contribution in [0.25, 0.3) is 0 Å². The number of hydrogen-bond donors (Lipinski definition) is 0. The lowest BCUT2D eigenvalue weighted by atomic mass is 9.80. The van der Waals surface area contributed by atoms with E-state index in [9.17, 15) is 9.18 Å². The average Bonchev–Trinajstić information content (AvgIpc) is 2.94. The molecule has 1 atom stereocenters. The van der Waals surface area contributed by atoms with Crippen molar-refractivity contribution in [1.29, 1.82) is 0 Å². The molecule has 0 spiro atoms. The van der Waals surface area contributed by atoms with Gasteiger partial charge in [-0.15, -0.1) is 5.92 Å². The molecule has 1 aliphatic carbocycles. The van der Waals surface area contributed by atoms with Crippen molar-refractivity contribution in [1.82, 2.24) is 9.55 Å². The Labute approximate surface area is 140 Å². The summed E-state index contributed by atoms with van der Waals surface area (Å²) in [5, 5.41) is 0. The number of hydrogen-bond acceptors (Lipinski definition) is 3. The fraction of sp³-hybridized carbons (Fsp3) is 0.368. The van der Waals surface area contributed by atoms with Crippen LogP contribution in [-0.2, 0) is 4.74 Å². The molecule has 1 aromatic heterocycles. The van der Waals surface area contributed by atoms with Crippen LogP contribution in [0.4, 0.5) is 4.39 Å². The maximum Gasteiger partial charge on any atom is 0.361 e. The normalized spacial score (nSPS) is 16.5. The quantitative estimate of drug-likeness (QED) is 0.635. The Bertz CT molecular complexity index is 798. The second kappa shape index (κ2) is 6.48. The van der Waals surface area contributed by atoms with Crippen molar-refractivity contribution in [3.63, 3.8) is 0 Å². The van der Waals surface area contributed by atoms with Gasteiger partial charge in [0.2, 0.25) is 5.95 Å². The summed E-state index contributed by atoms with van der Waals surface area (Å²) in [7, 11) is 0. The monoisotopic (exact) mass is 326 g/mol. The molecular formula is C19H19FN2O2. The lowest BCUT2D eigenvalue weighted by Gasteiger charge is -2.36. The summed E-state index contributed by atoms with van der Waals surface area (Å²) in [4.78, 5) is 16.2. The number of benzene rings is 1. The van der Waals surface area contributed by atoms with Crippen LogP contribution in [0.3, 0.4) is 0 Å². The van der Waals surface area contributed by atoms with Crippen molar-refractivity contribution in [3.8, 4) is 11.8 Å². The molecule has 1 aliphatic rings. The highest BCUT2D eigenvalue weighted by Crippen LogP contribution is 2.36. The first kappa shape index (κ1) is 16.3. The van der Waals surface area contributed by atoms with Crippen molar-refractivity contribution >= 4 is 5.97 Å². The number of halogens is 1. The lowest BCUT2D eigenvalue weighted by Crippen LogP contribution is -2.41. The summed E-state index contributed by atoms with van der Waals surface area (Å²) in [5.74, 6) is 4.21. The Morgan fingerprint density at radius 3 is 2.67 bits per heavy atom. The van der Waals surface area contributed by atoms with E-state index in [-0.39, 0.29) is 11.7 Å². The van der Waals surface area contributed by atoms with Crippen molar-refractivity contribution in [2.75, 3.05) is 0 Å². The van der Waals surface area contributed by atoms with Gasteiger partial charge in [-0.1, -0.05) is 36.3 Å². The van der Waals surface area contributed by atoms with Gasteiger partial charge in [0.25, 0.3) is 0 Å². The Morgan fingerprint density at radius 1 is 1.38 bits per heavy atom. The van der Waals surface area contributed by atoms with Gasteiger partial charge < -0.3 is 9.30 Å². The Kier molecular flexibility index (Phi) is 4.39. The molecule has 3 rings (SSSR count). The number of aromatic nitrogens is 2. The Morgan fingerprint density at radius 2 is 2.08 bits per heavy atom. The molecule has 1 saturated carbocycles. The number of imidazole rings is 1. The van der Waals surface area contributed by atoms with Crippen LogP contribution in [0.1, 0.15) is 55.2 Å². The Hall–Kier alpha value is -2.61. The minimum atomic E-state index is -0.818. The number of esters is 1. The van der Waals surface area contributed by atoms with Gasteiger partial charge in [-0.3, -0.25) is 0 Å². The average molecular weight is 326 g/mol.